The fourth-order valence-corrected chi connectivity index (χ4v) is 7.31. The van der Waals surface area contributed by atoms with E-state index in [9.17, 15) is 5.48 Å². The van der Waals surface area contributed by atoms with E-state index >= 15 is 0 Å². The minimum absolute atomic E-state index is 0.166. The standard InChI is InChI=1S/C48H30O/c1-2-12-31(13-3-1)32-22-24-34(25-23-32)36-15-6-7-17-38(36)47-41-20-10-8-18-39(41)46(40-19-9-11-21-42(40)47)35-27-28-44-43(30-35)48-37-16-5-4-14-33(37)26-29-45(48)49-44/h1-30H/i8D,9D,10D,11D,18D,19D,20D,21D. The molecule has 9 aromatic carbocycles. The molecule has 0 saturated heterocycles. The van der Waals surface area contributed by atoms with Gasteiger partial charge in [-0.2, -0.15) is 0 Å². The third kappa shape index (κ3) is 4.40. The lowest BCUT2D eigenvalue weighted by atomic mass is 9.83. The first kappa shape index (κ1) is 20.7. The van der Waals surface area contributed by atoms with Crippen molar-refractivity contribution in [3.05, 3.63) is 182 Å². The summed E-state index contributed by atoms with van der Waals surface area (Å²) in [6, 6.07) is 40.1. The molecule has 10 rings (SSSR count). The largest absolute Gasteiger partial charge is 0.456 e. The predicted octanol–water partition coefficient (Wildman–Crippen LogP) is 13.7. The molecule has 0 saturated carbocycles. The molecule has 0 aliphatic rings. The van der Waals surface area contributed by atoms with E-state index < -0.39 is 24.2 Å². The molecule has 0 aliphatic carbocycles. The Hall–Kier alpha value is -6.44. The van der Waals surface area contributed by atoms with Crippen LogP contribution >= 0.6 is 0 Å². The van der Waals surface area contributed by atoms with Crippen molar-refractivity contribution in [3.63, 3.8) is 0 Å². The Morgan fingerprint density at radius 3 is 1.65 bits per heavy atom. The second-order valence-electron chi connectivity index (χ2n) is 12.2. The third-order valence-corrected chi connectivity index (χ3v) is 9.52. The minimum Gasteiger partial charge on any atom is -0.456 e. The molecule has 0 fully saturated rings. The number of rotatable bonds is 4. The van der Waals surface area contributed by atoms with E-state index in [0.717, 1.165) is 43.8 Å². The van der Waals surface area contributed by atoms with Crippen LogP contribution in [0.4, 0.5) is 0 Å². The van der Waals surface area contributed by atoms with Crippen molar-refractivity contribution in [2.75, 3.05) is 0 Å². The van der Waals surface area contributed by atoms with Crippen LogP contribution in [0.2, 0.25) is 0 Å². The molecule has 1 aromatic heterocycles. The van der Waals surface area contributed by atoms with Gasteiger partial charge in [-0.15, -0.1) is 0 Å². The maximum Gasteiger partial charge on any atom is 0.136 e. The van der Waals surface area contributed by atoms with Gasteiger partial charge in [-0.25, -0.2) is 0 Å². The van der Waals surface area contributed by atoms with Gasteiger partial charge in [-0.3, -0.25) is 0 Å². The van der Waals surface area contributed by atoms with Crippen molar-refractivity contribution in [1.82, 2.24) is 0 Å². The van der Waals surface area contributed by atoms with Gasteiger partial charge < -0.3 is 4.42 Å². The maximum atomic E-state index is 9.48. The van der Waals surface area contributed by atoms with Crippen LogP contribution in [0.25, 0.3) is 98.8 Å². The zero-order valence-corrected chi connectivity index (χ0v) is 26.1. The van der Waals surface area contributed by atoms with E-state index in [4.69, 9.17) is 9.90 Å². The van der Waals surface area contributed by atoms with Gasteiger partial charge in [-0.05, 0) is 95.0 Å². The van der Waals surface area contributed by atoms with Gasteiger partial charge in [0.1, 0.15) is 11.2 Å². The van der Waals surface area contributed by atoms with E-state index in [-0.39, 0.29) is 45.7 Å². The molecule has 0 amide bonds. The highest BCUT2D eigenvalue weighted by molar-refractivity contribution is 6.24. The first-order chi connectivity index (χ1) is 27.6. The van der Waals surface area contributed by atoms with E-state index in [1.165, 1.54) is 0 Å². The van der Waals surface area contributed by atoms with Crippen LogP contribution in [-0.4, -0.2) is 0 Å². The van der Waals surface area contributed by atoms with E-state index in [2.05, 4.69) is 0 Å². The summed E-state index contributed by atoms with van der Waals surface area (Å²) in [4.78, 5) is 0. The zero-order chi connectivity index (χ0) is 39.3. The normalized spacial score (nSPS) is 14.0. The molecule has 1 heteroatoms. The van der Waals surface area contributed by atoms with Crippen molar-refractivity contribution in [2.24, 2.45) is 0 Å². The van der Waals surface area contributed by atoms with E-state index in [1.54, 1.807) is 6.07 Å². The lowest BCUT2D eigenvalue weighted by Gasteiger charge is -2.20. The highest BCUT2D eigenvalue weighted by Gasteiger charge is 2.20. The van der Waals surface area contributed by atoms with Crippen LogP contribution in [0.5, 0.6) is 0 Å². The van der Waals surface area contributed by atoms with Gasteiger partial charge in [0.05, 0.1) is 11.0 Å². The van der Waals surface area contributed by atoms with Crippen molar-refractivity contribution in [1.29, 1.82) is 0 Å². The molecular formula is C48H30O. The first-order valence-electron chi connectivity index (χ1n) is 20.2. The zero-order valence-electron chi connectivity index (χ0n) is 34.1. The van der Waals surface area contributed by atoms with Crippen molar-refractivity contribution in [2.45, 2.75) is 0 Å². The van der Waals surface area contributed by atoms with Crippen LogP contribution < -0.4 is 0 Å². The molecule has 0 bridgehead atoms. The lowest BCUT2D eigenvalue weighted by molar-refractivity contribution is 0.669. The second-order valence-corrected chi connectivity index (χ2v) is 12.2. The molecule has 0 aliphatic heterocycles. The monoisotopic (exact) mass is 630 g/mol. The van der Waals surface area contributed by atoms with Crippen LogP contribution in [0.1, 0.15) is 11.0 Å². The Balaban J connectivity index is 1.36. The minimum atomic E-state index is -0.439. The average molecular weight is 631 g/mol. The summed E-state index contributed by atoms with van der Waals surface area (Å²) in [5, 5.41) is 4.33. The van der Waals surface area contributed by atoms with Gasteiger partial charge >= 0.3 is 0 Å². The van der Waals surface area contributed by atoms with Gasteiger partial charge in [0.15, 0.2) is 0 Å². The Morgan fingerprint density at radius 2 is 0.918 bits per heavy atom. The SMILES string of the molecule is [2H]c1c([2H])c([2H])c2c(-c3ccccc3-c3ccc(-c4ccccc4)cc3)c3c([2H])c([2H])c([2H])c([2H])c3c(-c3ccc4oc5ccc6ccccc6c5c4c3)c2c1[2H]. The summed E-state index contributed by atoms with van der Waals surface area (Å²) in [7, 11) is 0. The summed E-state index contributed by atoms with van der Waals surface area (Å²) < 4.78 is 79.8. The van der Waals surface area contributed by atoms with E-state index in [1.807, 2.05) is 127 Å². The molecule has 0 unspecified atom stereocenters. The second kappa shape index (κ2) is 11.1. The topological polar surface area (TPSA) is 13.1 Å². The fourth-order valence-electron chi connectivity index (χ4n) is 7.31. The predicted molar refractivity (Wildman–Crippen MR) is 208 cm³/mol. The van der Waals surface area contributed by atoms with E-state index in [0.29, 0.717) is 33.4 Å². The highest BCUT2D eigenvalue weighted by Crippen LogP contribution is 2.47. The highest BCUT2D eigenvalue weighted by atomic mass is 16.3. The van der Waals surface area contributed by atoms with Crippen molar-refractivity contribution >= 4 is 54.3 Å². The summed E-state index contributed by atoms with van der Waals surface area (Å²) in [5.74, 6) is 0. The summed E-state index contributed by atoms with van der Waals surface area (Å²) in [6.45, 7) is 0. The van der Waals surface area contributed by atoms with Gasteiger partial charge in [0, 0.05) is 10.8 Å². The quantitative estimate of drug-likeness (QED) is 0.176. The molecule has 1 heterocycles. The average Bonchev–Trinajstić information content (AvgIpc) is 3.64. The Kier molecular flexibility index (Phi) is 4.69. The Labute approximate surface area is 295 Å². The first-order valence-corrected chi connectivity index (χ1v) is 16.2. The summed E-state index contributed by atoms with van der Waals surface area (Å²) in [6.07, 6.45) is 0. The molecule has 0 atom stereocenters. The fraction of sp³-hybridized carbons (Fsp3) is 0. The van der Waals surface area contributed by atoms with Crippen molar-refractivity contribution in [3.8, 4) is 44.5 Å². The third-order valence-electron chi connectivity index (χ3n) is 9.52. The molecular weight excluding hydrogens is 593 g/mol. The maximum absolute atomic E-state index is 9.48. The molecule has 49 heavy (non-hydrogen) atoms. The van der Waals surface area contributed by atoms with Crippen LogP contribution in [0.3, 0.4) is 0 Å². The van der Waals surface area contributed by atoms with Gasteiger partial charge in [0.25, 0.3) is 0 Å². The summed E-state index contributed by atoms with van der Waals surface area (Å²) >= 11 is 0. The number of furan rings is 1. The van der Waals surface area contributed by atoms with Crippen LogP contribution in [0.15, 0.2) is 186 Å². The van der Waals surface area contributed by atoms with Gasteiger partial charge in [0.2, 0.25) is 0 Å². The number of hydrogen-bond donors (Lipinski definition) is 0. The molecule has 228 valence electrons. The lowest BCUT2D eigenvalue weighted by Crippen LogP contribution is -1.92. The molecule has 0 spiro atoms. The molecule has 10 aromatic rings. The summed E-state index contributed by atoms with van der Waals surface area (Å²) in [5.41, 5.74) is 6.67. The smallest absolute Gasteiger partial charge is 0.136 e. The Morgan fingerprint density at radius 1 is 0.367 bits per heavy atom. The van der Waals surface area contributed by atoms with Crippen LogP contribution in [0, 0.1) is 0 Å². The van der Waals surface area contributed by atoms with Gasteiger partial charge in [-0.1, -0.05) is 164 Å². The molecule has 0 N–H and O–H groups in total. The molecule has 0 radical (unpaired) electrons. The van der Waals surface area contributed by atoms with Crippen LogP contribution in [-0.2, 0) is 0 Å². The number of hydrogen-bond acceptors (Lipinski definition) is 1. The Bertz CT molecular complexity index is 3240. The van der Waals surface area contributed by atoms with Crippen molar-refractivity contribution < 1.29 is 15.4 Å². The number of fused-ring (bicyclic) bond motifs is 7. The molecule has 1 nitrogen and oxygen atoms in total. The number of benzene rings is 9.